The van der Waals surface area contributed by atoms with Crippen molar-refractivity contribution in [3.8, 4) is 27.2 Å². The third kappa shape index (κ3) is 3.09. The van der Waals surface area contributed by atoms with Crippen molar-refractivity contribution in [3.63, 3.8) is 0 Å². The summed E-state index contributed by atoms with van der Waals surface area (Å²) in [6, 6.07) is 5.27. The second-order valence-corrected chi connectivity index (χ2v) is 9.54. The molecular weight excluding hydrogens is 400 g/mol. The van der Waals surface area contributed by atoms with E-state index in [1.54, 1.807) is 18.3 Å². The van der Waals surface area contributed by atoms with Crippen molar-refractivity contribution in [1.29, 1.82) is 0 Å². The molecule has 2 unspecified atom stereocenters. The number of hydrogen-bond donors (Lipinski definition) is 1. The maximum atomic E-state index is 10.5. The Hall–Kier alpha value is -2.78. The predicted octanol–water partition coefficient (Wildman–Crippen LogP) is 3.36. The van der Waals surface area contributed by atoms with Gasteiger partial charge in [-0.05, 0) is 40.0 Å². The highest BCUT2D eigenvalue weighted by atomic mass is 32.1. The fourth-order valence-corrected chi connectivity index (χ4v) is 5.25. The molecule has 0 amide bonds. The average molecular weight is 425 g/mol. The summed E-state index contributed by atoms with van der Waals surface area (Å²) in [5.41, 5.74) is 2.10. The van der Waals surface area contributed by atoms with E-state index in [1.807, 2.05) is 13.0 Å². The van der Waals surface area contributed by atoms with Gasteiger partial charge in [-0.2, -0.15) is 15.0 Å². The summed E-state index contributed by atoms with van der Waals surface area (Å²) in [5.74, 6) is 0.103. The van der Waals surface area contributed by atoms with Gasteiger partial charge < -0.3 is 9.84 Å². The lowest BCUT2D eigenvalue weighted by Gasteiger charge is -2.48. The first-order chi connectivity index (χ1) is 14.3. The van der Waals surface area contributed by atoms with Crippen molar-refractivity contribution >= 4 is 11.3 Å². The molecule has 2 aromatic heterocycles. The first kappa shape index (κ1) is 19.2. The number of piperidine rings is 1. The van der Waals surface area contributed by atoms with Crippen LogP contribution in [0.15, 0.2) is 36.5 Å². The lowest BCUT2D eigenvalue weighted by atomic mass is 9.83. The molecule has 2 bridgehead atoms. The fraction of sp³-hybridized carbons (Fsp3) is 0.429. The maximum absolute atomic E-state index is 10.5. The molecule has 5 rings (SSSR count). The Morgan fingerprint density at radius 1 is 1.17 bits per heavy atom. The minimum Gasteiger partial charge on any atom is -0.507 e. The van der Waals surface area contributed by atoms with Crippen molar-refractivity contribution in [3.05, 3.63) is 42.2 Å². The Morgan fingerprint density at radius 3 is 2.53 bits per heavy atom. The van der Waals surface area contributed by atoms with Crippen molar-refractivity contribution in [2.45, 2.75) is 50.8 Å². The van der Waals surface area contributed by atoms with Crippen molar-refractivity contribution in [1.82, 2.24) is 30.1 Å². The van der Waals surface area contributed by atoms with Crippen LogP contribution in [0.3, 0.4) is 0 Å². The van der Waals surface area contributed by atoms with Gasteiger partial charge in [0.1, 0.15) is 11.9 Å². The summed E-state index contributed by atoms with van der Waals surface area (Å²) in [5, 5.41) is 28.6. The molecule has 1 N–H and O–H groups in total. The molecule has 2 aliphatic rings. The number of aromatic nitrogens is 5. The van der Waals surface area contributed by atoms with E-state index in [9.17, 15) is 5.11 Å². The van der Waals surface area contributed by atoms with Crippen LogP contribution in [-0.4, -0.2) is 59.4 Å². The van der Waals surface area contributed by atoms with Crippen LogP contribution < -0.4 is 4.74 Å². The van der Waals surface area contributed by atoms with Crippen LogP contribution >= 0.6 is 11.3 Å². The number of phenolic OH excluding ortho intramolecular Hbond substituents is 1. The number of likely N-dealkylation sites (N-methyl/N-ethyl adjacent to an activating group) is 1. The zero-order valence-corrected chi connectivity index (χ0v) is 18.2. The van der Waals surface area contributed by atoms with Crippen LogP contribution in [0.5, 0.6) is 10.9 Å². The smallest absolute Gasteiger partial charge is 0.294 e. The summed E-state index contributed by atoms with van der Waals surface area (Å²) in [7, 11) is 2.17. The first-order valence-electron chi connectivity index (χ1n) is 9.93. The van der Waals surface area contributed by atoms with E-state index in [4.69, 9.17) is 4.74 Å². The summed E-state index contributed by atoms with van der Waals surface area (Å²) < 4.78 is 6.23. The van der Waals surface area contributed by atoms with Crippen molar-refractivity contribution < 1.29 is 9.84 Å². The molecule has 9 heteroatoms. The predicted molar refractivity (Wildman–Crippen MR) is 114 cm³/mol. The quantitative estimate of drug-likeness (QED) is 0.642. The fourth-order valence-electron chi connectivity index (χ4n) is 4.45. The molecule has 0 saturated carbocycles. The highest BCUT2D eigenvalue weighted by Crippen LogP contribution is 2.46. The van der Waals surface area contributed by atoms with E-state index in [1.165, 1.54) is 16.1 Å². The van der Waals surface area contributed by atoms with Crippen LogP contribution in [-0.2, 0) is 0 Å². The topological polar surface area (TPSA) is 89.2 Å². The first-order valence-corrected chi connectivity index (χ1v) is 10.7. The Labute approximate surface area is 178 Å². The molecular formula is C21H24N6O2S. The van der Waals surface area contributed by atoms with E-state index in [0.717, 1.165) is 18.5 Å². The number of ether oxygens (including phenoxy) is 1. The second kappa shape index (κ2) is 6.61. The van der Waals surface area contributed by atoms with Crippen LogP contribution in [0, 0.1) is 6.92 Å². The summed E-state index contributed by atoms with van der Waals surface area (Å²) in [4.78, 5) is 3.90. The van der Waals surface area contributed by atoms with Gasteiger partial charge >= 0.3 is 0 Å². The standard InChI is InChI=1S/C21H24N6O2S/c1-13-12-22-27(25-13)14-5-6-16(17(28)9-14)18-23-24-19(30-18)29-15-10-20(2)7-8-21(3,11-15)26(20)4/h5-9,12,15,28H,10-11H2,1-4H3. The molecule has 1 saturated heterocycles. The maximum Gasteiger partial charge on any atom is 0.294 e. The largest absolute Gasteiger partial charge is 0.507 e. The number of hydrogen-bond acceptors (Lipinski definition) is 8. The SMILES string of the molecule is Cc1cnn(-c2ccc(-c3nnc(OC4CC5(C)C=CC(C)(C4)N5C)s3)c(O)c2)n1. The number of phenols is 1. The zero-order valence-electron chi connectivity index (χ0n) is 17.4. The van der Waals surface area contributed by atoms with Gasteiger partial charge in [0.2, 0.25) is 0 Å². The van der Waals surface area contributed by atoms with Crippen LogP contribution in [0.4, 0.5) is 0 Å². The second-order valence-electron chi connectivity index (χ2n) is 8.60. The number of nitrogens with zero attached hydrogens (tertiary/aromatic N) is 6. The third-order valence-corrected chi connectivity index (χ3v) is 7.19. The molecule has 0 spiro atoms. The molecule has 2 atom stereocenters. The van der Waals surface area contributed by atoms with Gasteiger partial charge in [0.25, 0.3) is 5.19 Å². The summed E-state index contributed by atoms with van der Waals surface area (Å²) in [6.07, 6.45) is 8.12. The van der Waals surface area contributed by atoms with Gasteiger partial charge in [-0.3, -0.25) is 4.90 Å². The molecule has 8 nitrogen and oxygen atoms in total. The minimum atomic E-state index is -0.00181. The van der Waals surface area contributed by atoms with E-state index < -0.39 is 0 Å². The number of rotatable bonds is 4. The van der Waals surface area contributed by atoms with Gasteiger partial charge in [0.15, 0.2) is 5.01 Å². The molecule has 0 radical (unpaired) electrons. The van der Waals surface area contributed by atoms with Gasteiger partial charge in [-0.25, -0.2) is 0 Å². The minimum absolute atomic E-state index is 0.00181. The number of aryl methyl sites for hydroxylation is 1. The van der Waals surface area contributed by atoms with E-state index in [-0.39, 0.29) is 22.9 Å². The Kier molecular flexibility index (Phi) is 4.23. The molecule has 0 aliphatic carbocycles. The highest BCUT2D eigenvalue weighted by Gasteiger charge is 2.50. The molecule has 156 valence electrons. The van der Waals surface area contributed by atoms with Gasteiger partial charge in [-0.1, -0.05) is 28.6 Å². The number of fused-ring (bicyclic) bond motifs is 2. The Balaban J connectivity index is 1.34. The Morgan fingerprint density at radius 2 is 1.90 bits per heavy atom. The van der Waals surface area contributed by atoms with Gasteiger partial charge in [-0.15, -0.1) is 5.10 Å². The van der Waals surface area contributed by atoms with E-state index >= 15 is 0 Å². The van der Waals surface area contributed by atoms with Gasteiger partial charge in [0, 0.05) is 30.0 Å². The number of benzene rings is 1. The molecule has 1 aromatic carbocycles. The number of aromatic hydroxyl groups is 1. The summed E-state index contributed by atoms with van der Waals surface area (Å²) >= 11 is 1.34. The molecule has 4 heterocycles. The van der Waals surface area contributed by atoms with Gasteiger partial charge in [0.05, 0.1) is 23.1 Å². The van der Waals surface area contributed by atoms with E-state index in [0.29, 0.717) is 21.5 Å². The van der Waals surface area contributed by atoms with Crippen molar-refractivity contribution in [2.24, 2.45) is 0 Å². The average Bonchev–Trinajstić information content (AvgIpc) is 3.36. The highest BCUT2D eigenvalue weighted by molar-refractivity contribution is 7.16. The molecule has 2 aliphatic heterocycles. The summed E-state index contributed by atoms with van der Waals surface area (Å²) in [6.45, 7) is 6.35. The monoisotopic (exact) mass is 424 g/mol. The lowest BCUT2D eigenvalue weighted by molar-refractivity contribution is -0.0126. The zero-order chi connectivity index (χ0) is 21.1. The van der Waals surface area contributed by atoms with Crippen LogP contribution in [0.2, 0.25) is 0 Å². The van der Waals surface area contributed by atoms with Crippen LogP contribution in [0.25, 0.3) is 16.3 Å². The third-order valence-electron chi connectivity index (χ3n) is 6.34. The Bertz CT molecular complexity index is 1120. The van der Waals surface area contributed by atoms with Crippen LogP contribution in [0.1, 0.15) is 32.4 Å². The molecule has 30 heavy (non-hydrogen) atoms. The van der Waals surface area contributed by atoms with Crippen molar-refractivity contribution in [2.75, 3.05) is 7.05 Å². The normalized spacial score (nSPS) is 28.2. The molecule has 3 aromatic rings. The lowest BCUT2D eigenvalue weighted by Crippen LogP contribution is -2.57. The molecule has 1 fully saturated rings. The van der Waals surface area contributed by atoms with E-state index in [2.05, 4.69) is 58.3 Å².